The molecule has 4 nitrogen and oxygen atoms in total. The van der Waals surface area contributed by atoms with Crippen molar-refractivity contribution in [3.63, 3.8) is 0 Å². The highest BCUT2D eigenvalue weighted by molar-refractivity contribution is 6.31. The van der Waals surface area contributed by atoms with Crippen LogP contribution < -0.4 is 5.32 Å². The van der Waals surface area contributed by atoms with E-state index in [-0.39, 0.29) is 0 Å². The Morgan fingerprint density at radius 3 is 2.80 bits per heavy atom. The summed E-state index contributed by atoms with van der Waals surface area (Å²) in [6.45, 7) is 8.65. The Balaban J connectivity index is 2.79. The fourth-order valence-corrected chi connectivity index (χ4v) is 2.02. The van der Waals surface area contributed by atoms with Gasteiger partial charge in [0.15, 0.2) is 0 Å². The minimum Gasteiger partial charge on any atom is -0.370 e. The lowest BCUT2D eigenvalue weighted by Crippen LogP contribution is -2.31. The minimum absolute atomic E-state index is 0.355. The number of halogens is 1. The molecule has 1 aromatic rings. The number of hydrogen-bond acceptors (Lipinski definition) is 4. The van der Waals surface area contributed by atoms with Gasteiger partial charge < -0.3 is 5.32 Å². The maximum Gasteiger partial charge on any atom is 0.126 e. The van der Waals surface area contributed by atoms with Gasteiger partial charge in [-0.15, -0.1) is 0 Å². The van der Waals surface area contributed by atoms with E-state index < -0.39 is 0 Å². The van der Waals surface area contributed by atoms with Crippen LogP contribution in [-0.4, -0.2) is 29.0 Å². The molecule has 110 valence electrons. The van der Waals surface area contributed by atoms with E-state index in [0.717, 1.165) is 31.0 Å². The van der Waals surface area contributed by atoms with Crippen molar-refractivity contribution >= 4 is 17.4 Å². The summed E-state index contributed by atoms with van der Waals surface area (Å²) >= 11 is 6.23. The lowest BCUT2D eigenvalue weighted by atomic mass is 10.2. The van der Waals surface area contributed by atoms with Crippen LogP contribution in [0, 0.1) is 11.3 Å². The Labute approximate surface area is 126 Å². The minimum atomic E-state index is 0.355. The van der Waals surface area contributed by atoms with Crippen molar-refractivity contribution in [1.82, 2.24) is 9.88 Å². The maximum atomic E-state index is 8.73. The van der Waals surface area contributed by atoms with Crippen LogP contribution >= 0.6 is 11.6 Å². The average Bonchev–Trinajstić information content (AvgIpc) is 2.43. The van der Waals surface area contributed by atoms with Gasteiger partial charge in [-0.25, -0.2) is 4.98 Å². The van der Waals surface area contributed by atoms with Crippen molar-refractivity contribution in [2.45, 2.75) is 46.2 Å². The molecule has 0 spiro atoms. The van der Waals surface area contributed by atoms with Crippen LogP contribution in [0.2, 0.25) is 5.02 Å². The van der Waals surface area contributed by atoms with Gasteiger partial charge in [0.25, 0.3) is 0 Å². The number of nitrogens with one attached hydrogen (secondary N) is 1. The lowest BCUT2D eigenvalue weighted by Gasteiger charge is -2.25. The van der Waals surface area contributed by atoms with Gasteiger partial charge in [-0.3, -0.25) is 4.90 Å². The molecular formula is C15H23ClN4. The first-order valence-electron chi connectivity index (χ1n) is 7.08. The molecule has 0 aromatic carbocycles. The smallest absolute Gasteiger partial charge is 0.126 e. The van der Waals surface area contributed by atoms with E-state index in [1.807, 2.05) is 12.1 Å². The van der Waals surface area contributed by atoms with Gasteiger partial charge in [-0.2, -0.15) is 5.26 Å². The highest BCUT2D eigenvalue weighted by atomic mass is 35.5. The first kappa shape index (κ1) is 16.7. The summed E-state index contributed by atoms with van der Waals surface area (Å²) in [7, 11) is 0. The molecule has 0 fully saturated rings. The molecule has 1 N–H and O–H groups in total. The first-order chi connectivity index (χ1) is 9.58. The third kappa shape index (κ3) is 5.36. The topological polar surface area (TPSA) is 52.0 Å². The van der Waals surface area contributed by atoms with Crippen molar-refractivity contribution < 1.29 is 0 Å². The molecule has 20 heavy (non-hydrogen) atoms. The largest absolute Gasteiger partial charge is 0.370 e. The molecule has 0 unspecified atom stereocenters. The summed E-state index contributed by atoms with van der Waals surface area (Å²) in [6, 6.07) is 6.32. The van der Waals surface area contributed by atoms with Crippen molar-refractivity contribution in [2.75, 3.05) is 18.4 Å². The third-order valence-corrected chi connectivity index (χ3v) is 3.41. The fourth-order valence-electron chi connectivity index (χ4n) is 1.85. The van der Waals surface area contributed by atoms with Crippen molar-refractivity contribution in [1.29, 1.82) is 5.26 Å². The SMILES string of the molecule is CCCNc1ccc(Cl)c(CN(CCC#N)C(C)C)n1. The number of hydrogen-bond donors (Lipinski definition) is 1. The molecular weight excluding hydrogens is 272 g/mol. The molecule has 0 aliphatic heterocycles. The second kappa shape index (κ2) is 8.78. The quantitative estimate of drug-likeness (QED) is 0.794. The van der Waals surface area contributed by atoms with E-state index in [4.69, 9.17) is 16.9 Å². The molecule has 1 aromatic heterocycles. The molecule has 1 heterocycles. The normalized spacial score (nSPS) is 10.8. The molecule has 5 heteroatoms. The van der Waals surface area contributed by atoms with E-state index in [1.165, 1.54) is 0 Å². The van der Waals surface area contributed by atoms with Gasteiger partial charge in [0, 0.05) is 32.1 Å². The Morgan fingerprint density at radius 2 is 2.20 bits per heavy atom. The summed E-state index contributed by atoms with van der Waals surface area (Å²) in [5.74, 6) is 0.857. The predicted molar refractivity (Wildman–Crippen MR) is 83.8 cm³/mol. The number of pyridine rings is 1. The second-order valence-electron chi connectivity index (χ2n) is 5.02. The van der Waals surface area contributed by atoms with Crippen LogP contribution in [0.4, 0.5) is 5.82 Å². The van der Waals surface area contributed by atoms with Gasteiger partial charge in [0.2, 0.25) is 0 Å². The Morgan fingerprint density at radius 1 is 1.45 bits per heavy atom. The number of nitrogens with zero attached hydrogens (tertiary/aromatic N) is 3. The highest BCUT2D eigenvalue weighted by Gasteiger charge is 2.13. The lowest BCUT2D eigenvalue weighted by molar-refractivity contribution is 0.215. The number of nitriles is 1. The molecule has 0 aliphatic rings. The Bertz CT molecular complexity index is 454. The summed E-state index contributed by atoms with van der Waals surface area (Å²) < 4.78 is 0. The van der Waals surface area contributed by atoms with Crippen LogP contribution in [0.1, 0.15) is 39.3 Å². The monoisotopic (exact) mass is 294 g/mol. The van der Waals surface area contributed by atoms with Gasteiger partial charge in [-0.05, 0) is 32.4 Å². The highest BCUT2D eigenvalue weighted by Crippen LogP contribution is 2.19. The maximum absolute atomic E-state index is 8.73. The van der Waals surface area contributed by atoms with Gasteiger partial charge in [0.1, 0.15) is 5.82 Å². The summed E-state index contributed by atoms with van der Waals surface area (Å²) in [5, 5.41) is 12.7. The van der Waals surface area contributed by atoms with E-state index in [0.29, 0.717) is 24.0 Å². The van der Waals surface area contributed by atoms with Crippen molar-refractivity contribution in [3.05, 3.63) is 22.8 Å². The van der Waals surface area contributed by atoms with E-state index in [1.54, 1.807) is 0 Å². The average molecular weight is 295 g/mol. The van der Waals surface area contributed by atoms with Crippen LogP contribution in [-0.2, 0) is 6.54 Å². The molecule has 0 aliphatic carbocycles. The summed E-state index contributed by atoms with van der Waals surface area (Å²) in [6.07, 6.45) is 1.57. The number of rotatable bonds is 8. The van der Waals surface area contributed by atoms with Crippen LogP contribution in [0.3, 0.4) is 0 Å². The second-order valence-corrected chi connectivity index (χ2v) is 5.43. The van der Waals surface area contributed by atoms with Crippen molar-refractivity contribution in [3.8, 4) is 6.07 Å². The standard InChI is InChI=1S/C15H23ClN4/c1-4-9-18-15-7-6-13(16)14(19-15)11-20(12(2)3)10-5-8-17/h6-7,12H,4-5,9-11H2,1-3H3,(H,18,19). The van der Waals surface area contributed by atoms with E-state index in [2.05, 4.69) is 42.0 Å². The molecule has 0 saturated carbocycles. The number of anilines is 1. The molecule has 1 rings (SSSR count). The molecule has 0 saturated heterocycles. The van der Waals surface area contributed by atoms with Crippen LogP contribution in [0.5, 0.6) is 0 Å². The third-order valence-electron chi connectivity index (χ3n) is 3.07. The van der Waals surface area contributed by atoms with Crippen molar-refractivity contribution in [2.24, 2.45) is 0 Å². The Hall–Kier alpha value is -1.31. The summed E-state index contributed by atoms with van der Waals surface area (Å²) in [4.78, 5) is 6.78. The summed E-state index contributed by atoms with van der Waals surface area (Å²) in [5.41, 5.74) is 0.861. The zero-order valence-electron chi connectivity index (χ0n) is 12.5. The van der Waals surface area contributed by atoms with E-state index >= 15 is 0 Å². The zero-order valence-corrected chi connectivity index (χ0v) is 13.2. The predicted octanol–water partition coefficient (Wildman–Crippen LogP) is 3.68. The zero-order chi connectivity index (χ0) is 15.0. The molecule has 0 radical (unpaired) electrons. The fraction of sp³-hybridized carbons (Fsp3) is 0.600. The first-order valence-corrected chi connectivity index (χ1v) is 7.46. The molecule has 0 atom stereocenters. The van der Waals surface area contributed by atoms with Crippen LogP contribution in [0.15, 0.2) is 12.1 Å². The molecule has 0 amide bonds. The van der Waals surface area contributed by atoms with Crippen LogP contribution in [0.25, 0.3) is 0 Å². The Kier molecular flexibility index (Phi) is 7.35. The molecule has 0 bridgehead atoms. The number of aromatic nitrogens is 1. The van der Waals surface area contributed by atoms with E-state index in [9.17, 15) is 0 Å². The van der Waals surface area contributed by atoms with Gasteiger partial charge >= 0.3 is 0 Å². The van der Waals surface area contributed by atoms with Gasteiger partial charge in [0.05, 0.1) is 16.8 Å². The van der Waals surface area contributed by atoms with Gasteiger partial charge in [-0.1, -0.05) is 18.5 Å².